The van der Waals surface area contributed by atoms with Crippen molar-refractivity contribution in [2.24, 2.45) is 11.5 Å². The van der Waals surface area contributed by atoms with Crippen LogP contribution in [0.25, 0.3) is 22.2 Å². The van der Waals surface area contributed by atoms with E-state index in [4.69, 9.17) is 32.7 Å². The van der Waals surface area contributed by atoms with Gasteiger partial charge in [0.2, 0.25) is 23.7 Å². The van der Waals surface area contributed by atoms with Gasteiger partial charge in [-0.15, -0.1) is 0 Å². The Labute approximate surface area is 337 Å². The molecule has 21 heteroatoms. The molecule has 308 valence electrons. The second-order valence-electron chi connectivity index (χ2n) is 14.0. The first kappa shape index (κ1) is 40.1. The monoisotopic (exact) mass is 806 g/mol. The lowest BCUT2D eigenvalue weighted by molar-refractivity contribution is 0.0343. The fourth-order valence-electron chi connectivity index (χ4n) is 7.11. The van der Waals surface area contributed by atoms with E-state index in [1.807, 2.05) is 30.6 Å². The van der Waals surface area contributed by atoms with Crippen molar-refractivity contribution in [3.8, 4) is 0 Å². The quantitative estimate of drug-likeness (QED) is 0.0857. The number of primary amides is 2. The van der Waals surface area contributed by atoms with Crippen LogP contribution in [0, 0.1) is 13.8 Å². The molecule has 10 N–H and O–H groups in total. The normalized spacial score (nSPS) is 13.5. The largest absolute Gasteiger partial charge is 0.395 e. The van der Waals surface area contributed by atoms with E-state index in [2.05, 4.69) is 35.7 Å². The number of anilines is 4. The van der Waals surface area contributed by atoms with Crippen molar-refractivity contribution in [2.45, 2.75) is 60.4 Å². The molecule has 0 spiro atoms. The lowest BCUT2D eigenvalue weighted by Crippen LogP contribution is -2.35. The van der Waals surface area contributed by atoms with Crippen LogP contribution in [0.5, 0.6) is 0 Å². The average molecular weight is 807 g/mol. The van der Waals surface area contributed by atoms with Gasteiger partial charge in [0.15, 0.2) is 5.65 Å². The van der Waals surface area contributed by atoms with Gasteiger partial charge in [0.05, 0.1) is 52.6 Å². The summed E-state index contributed by atoms with van der Waals surface area (Å²) < 4.78 is 12.1. The lowest BCUT2D eigenvalue weighted by atomic mass is 10.1. The van der Waals surface area contributed by atoms with Crippen molar-refractivity contribution < 1.29 is 23.9 Å². The van der Waals surface area contributed by atoms with Gasteiger partial charge in [-0.2, -0.15) is 10.2 Å². The van der Waals surface area contributed by atoms with Gasteiger partial charge in [0.25, 0.3) is 11.8 Å². The number of morpholine rings is 1. The average Bonchev–Trinajstić information content (AvgIpc) is 3.92. The highest BCUT2D eigenvalue weighted by Gasteiger charge is 2.26. The van der Waals surface area contributed by atoms with Crippen LogP contribution in [0.3, 0.4) is 0 Å². The maximum Gasteiger partial charge on any atom is 0.278 e. The number of hydrogen-bond acceptors (Lipinski definition) is 13. The molecule has 21 nitrogen and oxygen atoms in total. The summed E-state index contributed by atoms with van der Waals surface area (Å²) >= 11 is 0. The van der Waals surface area contributed by atoms with Crippen LogP contribution < -0.4 is 33.6 Å². The standard InChI is InChI=1S/C38H46N16O5/c1-5-53-30(27(39)20(3)48-53)35(57)46-37-44-25-16-22(32(41)55)15-24(19-50-11-13-59-14-12-50)29(25)51(37)9-7-8-10-52-34-26(17-23(18-43-34)33(42)56)45-38(52)47-36(58)31-28(40)21(4)49-54(31)6-2/h7-8,15-18H,5-6,9-14,19,39-40H2,1-4H3,(H2,41,55)(H2,42,56)(H,44,46,57)(H,45,47,58)/b8-7+. The number of carbonyl (C=O) groups is 4. The van der Waals surface area contributed by atoms with Crippen molar-refractivity contribution in [1.29, 1.82) is 0 Å². The molecule has 6 heterocycles. The Bertz CT molecular complexity index is 2660. The van der Waals surface area contributed by atoms with Gasteiger partial charge in [-0.05, 0) is 51.5 Å². The summed E-state index contributed by atoms with van der Waals surface area (Å²) in [5.41, 5.74) is 28.8. The molecule has 1 aliphatic rings. The molecule has 6 aromatic rings. The van der Waals surface area contributed by atoms with Crippen LogP contribution in [-0.2, 0) is 37.5 Å². The summed E-state index contributed by atoms with van der Waals surface area (Å²) in [4.78, 5) is 68.1. The molecule has 1 fully saturated rings. The number of nitrogens with two attached hydrogens (primary N) is 4. The zero-order chi connectivity index (χ0) is 42.1. The molecular formula is C38H46N16O5. The minimum Gasteiger partial charge on any atom is -0.395 e. The molecule has 0 radical (unpaired) electrons. The highest BCUT2D eigenvalue weighted by atomic mass is 16.5. The molecule has 0 aliphatic carbocycles. The van der Waals surface area contributed by atoms with E-state index in [-0.39, 0.29) is 58.9 Å². The summed E-state index contributed by atoms with van der Waals surface area (Å²) in [5.74, 6) is -2.01. The number of nitrogens with zero attached hydrogens (tertiary/aromatic N) is 10. The topological polar surface area (TPSA) is 293 Å². The number of ether oxygens (including phenoxy) is 1. The third-order valence-corrected chi connectivity index (χ3v) is 10.1. The number of rotatable bonds is 14. The van der Waals surface area contributed by atoms with E-state index in [1.165, 1.54) is 21.6 Å². The molecule has 7 rings (SSSR count). The Morgan fingerprint density at radius 1 is 0.763 bits per heavy atom. The SMILES string of the molecule is CCn1nc(C)c(N)c1C(=O)Nc1nc2cc(C(N)=O)cnc2n1C/C=C/Cn1c(NC(=O)c2c(N)c(C)nn2CC)nc2cc(C(N)=O)cc(CN3CCOCC3)c21. The van der Waals surface area contributed by atoms with Crippen molar-refractivity contribution in [2.75, 3.05) is 48.4 Å². The number of fused-ring (bicyclic) bond motifs is 2. The van der Waals surface area contributed by atoms with E-state index in [9.17, 15) is 19.2 Å². The highest BCUT2D eigenvalue weighted by Crippen LogP contribution is 2.29. The van der Waals surface area contributed by atoms with Crippen LogP contribution in [0.1, 0.15) is 72.5 Å². The van der Waals surface area contributed by atoms with E-state index >= 15 is 0 Å². The molecular weight excluding hydrogens is 761 g/mol. The Hall–Kier alpha value is -7.13. The van der Waals surface area contributed by atoms with Gasteiger partial charge in [-0.25, -0.2) is 15.0 Å². The van der Waals surface area contributed by atoms with Gasteiger partial charge in [0.1, 0.15) is 16.9 Å². The highest BCUT2D eigenvalue weighted by molar-refractivity contribution is 6.08. The fraction of sp³-hybridized carbons (Fsp3) is 0.342. The maximum atomic E-state index is 13.9. The Balaban J connectivity index is 1.27. The third-order valence-electron chi connectivity index (χ3n) is 10.1. The van der Waals surface area contributed by atoms with Crippen molar-refractivity contribution >= 4 is 69.1 Å². The molecule has 5 aromatic heterocycles. The predicted octanol–water partition coefficient (Wildman–Crippen LogP) is 1.79. The zero-order valence-corrected chi connectivity index (χ0v) is 33.2. The van der Waals surface area contributed by atoms with Crippen LogP contribution in [0.2, 0.25) is 0 Å². The minimum absolute atomic E-state index is 0.137. The molecule has 0 atom stereocenters. The van der Waals surface area contributed by atoms with E-state index < -0.39 is 23.6 Å². The van der Waals surface area contributed by atoms with Crippen LogP contribution >= 0.6 is 0 Å². The van der Waals surface area contributed by atoms with Crippen LogP contribution in [-0.4, -0.2) is 98.5 Å². The first-order valence-corrected chi connectivity index (χ1v) is 19.0. The number of carbonyl (C=O) groups excluding carboxylic acids is 4. The summed E-state index contributed by atoms with van der Waals surface area (Å²) in [7, 11) is 0. The molecule has 0 saturated carbocycles. The van der Waals surface area contributed by atoms with Crippen LogP contribution in [0.15, 0.2) is 36.5 Å². The number of hydrogen-bond donors (Lipinski definition) is 6. The summed E-state index contributed by atoms with van der Waals surface area (Å²) in [6.07, 6.45) is 5.03. The molecule has 1 aliphatic heterocycles. The van der Waals surface area contributed by atoms with Crippen molar-refractivity contribution in [3.63, 3.8) is 0 Å². The van der Waals surface area contributed by atoms with E-state index in [0.29, 0.717) is 79.5 Å². The Morgan fingerprint density at radius 2 is 1.29 bits per heavy atom. The molecule has 0 bridgehead atoms. The van der Waals surface area contributed by atoms with E-state index in [0.717, 1.165) is 5.56 Å². The third kappa shape index (κ3) is 7.79. The molecule has 1 saturated heterocycles. The number of allylic oxidation sites excluding steroid dienone is 2. The smallest absolute Gasteiger partial charge is 0.278 e. The van der Waals surface area contributed by atoms with Gasteiger partial charge in [0, 0.05) is 57.6 Å². The number of aryl methyl sites for hydroxylation is 4. The van der Waals surface area contributed by atoms with Gasteiger partial charge < -0.3 is 32.2 Å². The second-order valence-corrected chi connectivity index (χ2v) is 14.0. The molecule has 59 heavy (non-hydrogen) atoms. The maximum absolute atomic E-state index is 13.9. The molecule has 1 aromatic carbocycles. The lowest BCUT2D eigenvalue weighted by Gasteiger charge is -2.27. The number of nitrogens with one attached hydrogen (secondary N) is 2. The zero-order valence-electron chi connectivity index (χ0n) is 33.2. The first-order chi connectivity index (χ1) is 28.3. The number of aromatic nitrogens is 9. The Kier molecular flexibility index (Phi) is 11.1. The first-order valence-electron chi connectivity index (χ1n) is 19.0. The van der Waals surface area contributed by atoms with E-state index in [1.54, 1.807) is 30.5 Å². The summed E-state index contributed by atoms with van der Waals surface area (Å²) in [6.45, 7) is 11.3. The van der Waals surface area contributed by atoms with Crippen molar-refractivity contribution in [3.05, 3.63) is 76.0 Å². The van der Waals surface area contributed by atoms with Crippen LogP contribution in [0.4, 0.5) is 23.3 Å². The van der Waals surface area contributed by atoms with Gasteiger partial charge in [-0.1, -0.05) is 12.2 Å². The minimum atomic E-state index is -0.683. The van der Waals surface area contributed by atoms with Gasteiger partial charge >= 0.3 is 0 Å². The molecule has 0 unspecified atom stereocenters. The summed E-state index contributed by atoms with van der Waals surface area (Å²) in [5, 5.41) is 14.5. The number of benzene rings is 1. The summed E-state index contributed by atoms with van der Waals surface area (Å²) in [6, 6.07) is 4.85. The fourth-order valence-corrected chi connectivity index (χ4v) is 7.11. The second kappa shape index (κ2) is 16.4. The molecule has 4 amide bonds. The number of imidazole rings is 2. The number of nitrogen functional groups attached to an aromatic ring is 2. The predicted molar refractivity (Wildman–Crippen MR) is 220 cm³/mol. The van der Waals surface area contributed by atoms with Gasteiger partial charge in [-0.3, -0.25) is 48.6 Å². The number of pyridine rings is 1. The Morgan fingerprint density at radius 3 is 1.85 bits per heavy atom. The van der Waals surface area contributed by atoms with Crippen molar-refractivity contribution in [1.82, 2.24) is 48.5 Å². The number of amides is 4.